The molecule has 4 nitrogen and oxygen atoms in total. The topological polar surface area (TPSA) is 33.7 Å². The van der Waals surface area contributed by atoms with Crippen LogP contribution in [0.2, 0.25) is 0 Å². The summed E-state index contributed by atoms with van der Waals surface area (Å²) in [6, 6.07) is 23.8. The van der Waals surface area contributed by atoms with Gasteiger partial charge in [0.15, 0.2) is 0 Å². The van der Waals surface area contributed by atoms with Gasteiger partial charge in [0, 0.05) is 24.2 Å². The maximum atomic E-state index is 6.05. The fourth-order valence-corrected chi connectivity index (χ4v) is 4.42. The molecule has 0 aromatic heterocycles. The average Bonchev–Trinajstić information content (AvgIpc) is 2.84. The first-order valence-corrected chi connectivity index (χ1v) is 12.3. The van der Waals surface area contributed by atoms with Crippen molar-refractivity contribution >= 4 is 23.1 Å². The third-order valence-corrected chi connectivity index (χ3v) is 6.63. The highest BCUT2D eigenvalue weighted by Gasteiger charge is 2.22. The minimum atomic E-state index is -0.205. The molecule has 0 aliphatic carbocycles. The maximum absolute atomic E-state index is 6.05. The van der Waals surface area contributed by atoms with Crippen LogP contribution < -0.4 is 15.0 Å². The quantitative estimate of drug-likeness (QED) is 0.314. The van der Waals surface area contributed by atoms with Crippen molar-refractivity contribution in [1.82, 2.24) is 5.32 Å². The van der Waals surface area contributed by atoms with E-state index in [0.717, 1.165) is 30.1 Å². The molecule has 1 heterocycles. The molecule has 168 valence electrons. The highest BCUT2D eigenvalue weighted by molar-refractivity contribution is 7.98. The molecule has 3 aromatic rings. The Kier molecular flexibility index (Phi) is 7.40. The summed E-state index contributed by atoms with van der Waals surface area (Å²) in [5, 5.41) is 3.51. The number of fused-ring (bicyclic) bond motifs is 1. The molecule has 0 amide bonds. The molecular formula is C27H32N2O2S. The van der Waals surface area contributed by atoms with Crippen LogP contribution in [-0.4, -0.2) is 26.5 Å². The summed E-state index contributed by atoms with van der Waals surface area (Å²) in [6.07, 6.45) is 1.89. The van der Waals surface area contributed by atoms with Gasteiger partial charge >= 0.3 is 0 Å². The van der Waals surface area contributed by atoms with E-state index in [1.807, 2.05) is 0 Å². The van der Waals surface area contributed by atoms with Crippen LogP contribution in [0.15, 0.2) is 71.6 Å². The number of nitrogens with one attached hydrogen (secondary N) is 1. The number of anilines is 2. The fourth-order valence-electron chi connectivity index (χ4n) is 4.01. The van der Waals surface area contributed by atoms with Crippen molar-refractivity contribution in [2.24, 2.45) is 0 Å². The summed E-state index contributed by atoms with van der Waals surface area (Å²) in [5.74, 6) is 1.40. The van der Waals surface area contributed by atoms with Gasteiger partial charge in [0.25, 0.3) is 0 Å². The first-order valence-electron chi connectivity index (χ1n) is 11.1. The standard InChI is InChI=1S/C27H32N2O2S/c1-19(2)21-6-5-7-23(16-21)29-14-15-31-26-17-22(10-13-25(26)29)27(30-3)28-18-20-8-11-24(32-4)12-9-20/h5-13,16-17,19,27-28H,14-15,18H2,1-4H3. The van der Waals surface area contributed by atoms with Gasteiger partial charge in [0.1, 0.15) is 18.6 Å². The molecule has 1 unspecified atom stereocenters. The lowest BCUT2D eigenvalue weighted by atomic mass is 10.0. The summed E-state index contributed by atoms with van der Waals surface area (Å²) < 4.78 is 11.8. The van der Waals surface area contributed by atoms with Crippen molar-refractivity contribution in [1.29, 1.82) is 0 Å². The van der Waals surface area contributed by atoms with E-state index in [4.69, 9.17) is 9.47 Å². The first kappa shape index (κ1) is 22.7. The van der Waals surface area contributed by atoms with Gasteiger partial charge < -0.3 is 14.4 Å². The Balaban J connectivity index is 1.52. The van der Waals surface area contributed by atoms with Crippen molar-refractivity contribution < 1.29 is 9.47 Å². The Labute approximate surface area is 195 Å². The molecule has 3 aromatic carbocycles. The molecule has 0 saturated carbocycles. The Morgan fingerprint density at radius 2 is 1.84 bits per heavy atom. The van der Waals surface area contributed by atoms with E-state index in [1.165, 1.54) is 21.7 Å². The molecule has 0 saturated heterocycles. The zero-order valence-electron chi connectivity index (χ0n) is 19.3. The van der Waals surface area contributed by atoms with Crippen LogP contribution in [0.3, 0.4) is 0 Å². The normalized spacial score (nSPS) is 14.2. The summed E-state index contributed by atoms with van der Waals surface area (Å²) in [5.41, 5.74) is 5.95. The number of hydrogen-bond acceptors (Lipinski definition) is 5. The zero-order chi connectivity index (χ0) is 22.5. The van der Waals surface area contributed by atoms with E-state index in [9.17, 15) is 0 Å². The Hall–Kier alpha value is -2.47. The number of ether oxygens (including phenoxy) is 2. The second kappa shape index (κ2) is 10.4. The average molecular weight is 449 g/mol. The summed E-state index contributed by atoms with van der Waals surface area (Å²) in [6.45, 7) is 6.70. The highest BCUT2D eigenvalue weighted by Crippen LogP contribution is 2.39. The largest absolute Gasteiger partial charge is 0.490 e. The van der Waals surface area contributed by atoms with Crippen LogP contribution in [0.5, 0.6) is 5.75 Å². The summed E-state index contributed by atoms with van der Waals surface area (Å²) in [7, 11) is 1.73. The van der Waals surface area contributed by atoms with Gasteiger partial charge in [-0.25, -0.2) is 0 Å². The second-order valence-corrected chi connectivity index (χ2v) is 9.20. The van der Waals surface area contributed by atoms with Crippen LogP contribution in [0.1, 0.15) is 42.7 Å². The molecular weight excluding hydrogens is 416 g/mol. The number of hydrogen-bond donors (Lipinski definition) is 1. The number of methoxy groups -OCH3 is 1. The predicted octanol–water partition coefficient (Wildman–Crippen LogP) is 6.50. The van der Waals surface area contributed by atoms with Gasteiger partial charge in [-0.1, -0.05) is 44.2 Å². The van der Waals surface area contributed by atoms with Crippen LogP contribution in [0, 0.1) is 0 Å². The third-order valence-electron chi connectivity index (χ3n) is 5.88. The highest BCUT2D eigenvalue weighted by atomic mass is 32.2. The van der Waals surface area contributed by atoms with E-state index in [2.05, 4.69) is 97.0 Å². The van der Waals surface area contributed by atoms with Crippen LogP contribution in [0.4, 0.5) is 11.4 Å². The van der Waals surface area contributed by atoms with E-state index < -0.39 is 0 Å². The number of nitrogens with zero attached hydrogens (tertiary/aromatic N) is 1. The van der Waals surface area contributed by atoms with E-state index in [1.54, 1.807) is 18.9 Å². The molecule has 32 heavy (non-hydrogen) atoms. The number of benzene rings is 3. The maximum Gasteiger partial charge on any atom is 0.143 e. The zero-order valence-corrected chi connectivity index (χ0v) is 20.1. The Morgan fingerprint density at radius 3 is 2.56 bits per heavy atom. The van der Waals surface area contributed by atoms with Crippen LogP contribution in [0.25, 0.3) is 0 Å². The molecule has 0 bridgehead atoms. The molecule has 0 spiro atoms. The summed E-state index contributed by atoms with van der Waals surface area (Å²) in [4.78, 5) is 3.61. The van der Waals surface area contributed by atoms with Crippen molar-refractivity contribution in [3.63, 3.8) is 0 Å². The smallest absolute Gasteiger partial charge is 0.143 e. The molecule has 0 fully saturated rings. The molecule has 5 heteroatoms. The van der Waals surface area contributed by atoms with E-state index in [0.29, 0.717) is 12.5 Å². The van der Waals surface area contributed by atoms with E-state index >= 15 is 0 Å². The molecule has 1 atom stereocenters. The lowest BCUT2D eigenvalue weighted by Crippen LogP contribution is -2.29. The van der Waals surface area contributed by atoms with Crippen molar-refractivity contribution in [2.75, 3.05) is 31.4 Å². The minimum Gasteiger partial charge on any atom is -0.490 e. The molecule has 4 rings (SSSR count). The Morgan fingerprint density at radius 1 is 1.03 bits per heavy atom. The first-order chi connectivity index (χ1) is 15.6. The third kappa shape index (κ3) is 5.12. The van der Waals surface area contributed by atoms with Crippen molar-refractivity contribution in [3.8, 4) is 5.75 Å². The van der Waals surface area contributed by atoms with E-state index in [-0.39, 0.29) is 6.23 Å². The number of thioether (sulfide) groups is 1. The van der Waals surface area contributed by atoms with Gasteiger partial charge in [-0.15, -0.1) is 11.8 Å². The van der Waals surface area contributed by atoms with Gasteiger partial charge in [0.05, 0.1) is 12.2 Å². The SMILES string of the molecule is COC(NCc1ccc(SC)cc1)c1ccc2c(c1)OCCN2c1cccc(C(C)C)c1. The fraction of sp³-hybridized carbons (Fsp3) is 0.333. The monoisotopic (exact) mass is 448 g/mol. The van der Waals surface area contributed by atoms with Gasteiger partial charge in [-0.05, 0) is 65.3 Å². The molecule has 1 aliphatic rings. The van der Waals surface area contributed by atoms with Crippen molar-refractivity contribution in [2.45, 2.75) is 37.4 Å². The predicted molar refractivity (Wildman–Crippen MR) is 134 cm³/mol. The molecule has 1 N–H and O–H groups in total. The lowest BCUT2D eigenvalue weighted by Gasteiger charge is -2.32. The lowest BCUT2D eigenvalue weighted by molar-refractivity contribution is 0.0718. The second-order valence-electron chi connectivity index (χ2n) is 8.32. The summed E-state index contributed by atoms with van der Waals surface area (Å²) >= 11 is 1.75. The molecule has 1 aliphatic heterocycles. The Bertz CT molecular complexity index is 1040. The van der Waals surface area contributed by atoms with Crippen molar-refractivity contribution in [3.05, 3.63) is 83.4 Å². The van der Waals surface area contributed by atoms with Crippen LogP contribution >= 0.6 is 11.8 Å². The minimum absolute atomic E-state index is 0.205. The van der Waals surface area contributed by atoms with Gasteiger partial charge in [-0.2, -0.15) is 0 Å². The number of rotatable bonds is 8. The molecule has 0 radical (unpaired) electrons. The van der Waals surface area contributed by atoms with Crippen LogP contribution in [-0.2, 0) is 11.3 Å². The van der Waals surface area contributed by atoms with Gasteiger partial charge in [-0.3, -0.25) is 5.32 Å². The van der Waals surface area contributed by atoms with Gasteiger partial charge in [0.2, 0.25) is 0 Å².